The lowest BCUT2D eigenvalue weighted by Gasteiger charge is -2.19. The van der Waals surface area contributed by atoms with Gasteiger partial charge in [0.2, 0.25) is 0 Å². The van der Waals surface area contributed by atoms with Crippen molar-refractivity contribution in [2.75, 3.05) is 6.54 Å². The SMILES string of the molecule is c1coc(COCc2ncn3c2CN(Cc2cccs2)CCC3)c1. The highest BCUT2D eigenvalue weighted by Crippen LogP contribution is 2.20. The van der Waals surface area contributed by atoms with Crippen molar-refractivity contribution < 1.29 is 9.15 Å². The number of hydrogen-bond acceptors (Lipinski definition) is 5. The van der Waals surface area contributed by atoms with Crippen LogP contribution in [0.3, 0.4) is 0 Å². The second-order valence-corrected chi connectivity index (χ2v) is 7.08. The first-order chi connectivity index (χ1) is 11.9. The lowest BCUT2D eigenvalue weighted by molar-refractivity contribution is 0.0897. The summed E-state index contributed by atoms with van der Waals surface area (Å²) in [5.41, 5.74) is 2.32. The molecule has 0 saturated heterocycles. The van der Waals surface area contributed by atoms with Gasteiger partial charge in [0.25, 0.3) is 0 Å². The highest BCUT2D eigenvalue weighted by Gasteiger charge is 2.19. The van der Waals surface area contributed by atoms with Crippen molar-refractivity contribution in [3.63, 3.8) is 0 Å². The summed E-state index contributed by atoms with van der Waals surface area (Å²) < 4.78 is 13.4. The molecule has 0 unspecified atom stereocenters. The monoisotopic (exact) mass is 343 g/mol. The van der Waals surface area contributed by atoms with E-state index in [1.807, 2.05) is 29.8 Å². The average Bonchev–Trinajstić information content (AvgIpc) is 3.31. The summed E-state index contributed by atoms with van der Waals surface area (Å²) in [7, 11) is 0. The second kappa shape index (κ2) is 7.34. The molecule has 4 heterocycles. The molecule has 3 aromatic heterocycles. The smallest absolute Gasteiger partial charge is 0.129 e. The Labute approximate surface area is 145 Å². The van der Waals surface area contributed by atoms with Crippen molar-refractivity contribution in [1.82, 2.24) is 14.5 Å². The number of nitrogens with zero attached hydrogens (tertiary/aromatic N) is 3. The van der Waals surface area contributed by atoms with Crippen LogP contribution in [-0.4, -0.2) is 21.0 Å². The van der Waals surface area contributed by atoms with E-state index < -0.39 is 0 Å². The van der Waals surface area contributed by atoms with Crippen molar-refractivity contribution in [2.24, 2.45) is 0 Å². The van der Waals surface area contributed by atoms with E-state index in [9.17, 15) is 0 Å². The Morgan fingerprint density at radius 2 is 2.21 bits per heavy atom. The molecule has 0 aliphatic carbocycles. The van der Waals surface area contributed by atoms with Crippen LogP contribution in [0.2, 0.25) is 0 Å². The van der Waals surface area contributed by atoms with Gasteiger partial charge >= 0.3 is 0 Å². The van der Waals surface area contributed by atoms with Crippen LogP contribution in [0.4, 0.5) is 0 Å². The van der Waals surface area contributed by atoms with E-state index in [1.54, 1.807) is 6.26 Å². The average molecular weight is 343 g/mol. The fraction of sp³-hybridized carbons (Fsp3) is 0.389. The van der Waals surface area contributed by atoms with E-state index in [4.69, 9.17) is 9.15 Å². The highest BCUT2D eigenvalue weighted by molar-refractivity contribution is 7.09. The van der Waals surface area contributed by atoms with Crippen LogP contribution >= 0.6 is 11.3 Å². The predicted molar refractivity (Wildman–Crippen MR) is 92.5 cm³/mol. The molecule has 126 valence electrons. The van der Waals surface area contributed by atoms with Crippen LogP contribution in [0, 0.1) is 0 Å². The largest absolute Gasteiger partial charge is 0.467 e. The number of ether oxygens (including phenoxy) is 1. The summed E-state index contributed by atoms with van der Waals surface area (Å²) in [5, 5.41) is 2.14. The maximum Gasteiger partial charge on any atom is 0.129 e. The van der Waals surface area contributed by atoms with Gasteiger partial charge in [-0.1, -0.05) is 6.07 Å². The Kier molecular flexibility index (Phi) is 4.78. The van der Waals surface area contributed by atoms with Gasteiger partial charge in [-0.25, -0.2) is 4.98 Å². The first-order valence-electron chi connectivity index (χ1n) is 8.26. The third kappa shape index (κ3) is 3.61. The number of hydrogen-bond donors (Lipinski definition) is 0. The highest BCUT2D eigenvalue weighted by atomic mass is 32.1. The normalized spacial score (nSPS) is 15.3. The minimum Gasteiger partial charge on any atom is -0.467 e. The molecule has 0 bridgehead atoms. The van der Waals surface area contributed by atoms with E-state index in [1.165, 1.54) is 10.6 Å². The summed E-state index contributed by atoms with van der Waals surface area (Å²) in [6.07, 6.45) is 4.78. The van der Waals surface area contributed by atoms with Gasteiger partial charge in [0.05, 0.1) is 30.6 Å². The van der Waals surface area contributed by atoms with Crippen LogP contribution in [0.15, 0.2) is 46.7 Å². The molecule has 1 aliphatic rings. The van der Waals surface area contributed by atoms with Crippen LogP contribution in [0.5, 0.6) is 0 Å². The molecule has 0 spiro atoms. The maximum atomic E-state index is 5.78. The number of aromatic nitrogens is 2. The third-order valence-electron chi connectivity index (χ3n) is 4.30. The zero-order valence-electron chi connectivity index (χ0n) is 13.6. The van der Waals surface area contributed by atoms with Gasteiger partial charge in [0, 0.05) is 31.1 Å². The van der Waals surface area contributed by atoms with Gasteiger partial charge in [-0.15, -0.1) is 11.3 Å². The fourth-order valence-electron chi connectivity index (χ4n) is 3.10. The number of rotatable bonds is 6. The molecule has 0 aromatic carbocycles. The molecule has 4 rings (SSSR count). The zero-order valence-corrected chi connectivity index (χ0v) is 14.4. The van der Waals surface area contributed by atoms with Crippen molar-refractivity contribution in [3.05, 3.63) is 64.3 Å². The molecule has 1 aliphatic heterocycles. The molecule has 0 fully saturated rings. The molecule has 0 saturated carbocycles. The third-order valence-corrected chi connectivity index (χ3v) is 5.16. The van der Waals surface area contributed by atoms with Gasteiger partial charge in [0.1, 0.15) is 12.4 Å². The topological polar surface area (TPSA) is 43.4 Å². The number of fused-ring (bicyclic) bond motifs is 1. The molecule has 0 atom stereocenters. The molecule has 0 radical (unpaired) electrons. The summed E-state index contributed by atoms with van der Waals surface area (Å²) >= 11 is 1.82. The fourth-order valence-corrected chi connectivity index (χ4v) is 3.85. The first kappa shape index (κ1) is 15.6. The summed E-state index contributed by atoms with van der Waals surface area (Å²) in [6.45, 7) is 5.09. The van der Waals surface area contributed by atoms with Crippen LogP contribution in [0.25, 0.3) is 0 Å². The Hall–Kier alpha value is -1.89. The minimum atomic E-state index is 0.484. The Bertz CT molecular complexity index is 749. The molecule has 5 nitrogen and oxygen atoms in total. The second-order valence-electron chi connectivity index (χ2n) is 6.05. The molecular weight excluding hydrogens is 322 g/mol. The summed E-state index contributed by atoms with van der Waals surface area (Å²) in [6, 6.07) is 8.14. The van der Waals surface area contributed by atoms with Crippen molar-refractivity contribution >= 4 is 11.3 Å². The van der Waals surface area contributed by atoms with Crippen LogP contribution in [0.1, 0.15) is 28.4 Å². The number of thiophene rings is 1. The molecule has 24 heavy (non-hydrogen) atoms. The number of aryl methyl sites for hydroxylation is 1. The van der Waals surface area contributed by atoms with Gasteiger partial charge in [-0.3, -0.25) is 4.90 Å². The lowest BCUT2D eigenvalue weighted by atomic mass is 10.3. The molecule has 3 aromatic rings. The van der Waals surface area contributed by atoms with Gasteiger partial charge in [-0.05, 0) is 30.0 Å². The van der Waals surface area contributed by atoms with E-state index in [0.717, 1.165) is 44.1 Å². The van der Waals surface area contributed by atoms with Crippen molar-refractivity contribution in [3.8, 4) is 0 Å². The molecule has 0 amide bonds. The standard InChI is InChI=1S/C18H21N3O2S/c1-4-15(23-8-1)12-22-13-17-18-11-20(10-16-5-2-9-24-16)6-3-7-21(18)14-19-17/h1-2,4-5,8-9,14H,3,6-7,10-13H2. The van der Waals surface area contributed by atoms with Crippen molar-refractivity contribution in [2.45, 2.75) is 39.3 Å². The van der Waals surface area contributed by atoms with Crippen LogP contribution < -0.4 is 0 Å². The first-order valence-corrected chi connectivity index (χ1v) is 9.14. The summed E-state index contributed by atoms with van der Waals surface area (Å²) in [4.78, 5) is 8.49. The summed E-state index contributed by atoms with van der Waals surface area (Å²) in [5.74, 6) is 0.847. The Morgan fingerprint density at radius 1 is 1.21 bits per heavy atom. The lowest BCUT2D eigenvalue weighted by Crippen LogP contribution is -2.23. The van der Waals surface area contributed by atoms with Crippen molar-refractivity contribution in [1.29, 1.82) is 0 Å². The quantitative estimate of drug-likeness (QED) is 0.685. The zero-order chi connectivity index (χ0) is 16.2. The van der Waals surface area contributed by atoms with E-state index >= 15 is 0 Å². The maximum absolute atomic E-state index is 5.78. The molecular formula is C18H21N3O2S. The molecule has 0 N–H and O–H groups in total. The van der Waals surface area contributed by atoms with Gasteiger partial charge in [-0.2, -0.15) is 0 Å². The van der Waals surface area contributed by atoms with E-state index in [2.05, 4.69) is 32.0 Å². The Balaban J connectivity index is 1.41. The number of imidazole rings is 1. The van der Waals surface area contributed by atoms with Gasteiger partial charge < -0.3 is 13.7 Å². The van der Waals surface area contributed by atoms with Gasteiger partial charge in [0.15, 0.2) is 0 Å². The Morgan fingerprint density at radius 3 is 3.04 bits per heavy atom. The number of furan rings is 1. The van der Waals surface area contributed by atoms with E-state index in [-0.39, 0.29) is 0 Å². The van der Waals surface area contributed by atoms with E-state index in [0.29, 0.717) is 13.2 Å². The predicted octanol–water partition coefficient (Wildman–Crippen LogP) is 3.66. The molecule has 6 heteroatoms. The minimum absolute atomic E-state index is 0.484. The van der Waals surface area contributed by atoms with Crippen LogP contribution in [-0.2, 0) is 37.6 Å².